The second-order valence-corrected chi connectivity index (χ2v) is 7.15. The van der Waals surface area contributed by atoms with E-state index < -0.39 is 15.7 Å². The molecule has 0 aromatic heterocycles. The molecular weight excluding hydrogens is 267 g/mol. The molecule has 4 nitrogen and oxygen atoms in total. The van der Waals surface area contributed by atoms with Crippen molar-refractivity contribution in [3.8, 4) is 0 Å². The number of nitrogens with zero attached hydrogens (tertiary/aromatic N) is 1. The monoisotopic (exact) mass is 286 g/mol. The maximum absolute atomic E-state index is 13.7. The second kappa shape index (κ2) is 5.46. The number of hydrogen-bond acceptors (Lipinski definition) is 4. The lowest BCUT2D eigenvalue weighted by Gasteiger charge is -2.30. The third kappa shape index (κ3) is 3.67. The van der Waals surface area contributed by atoms with Crippen LogP contribution < -0.4 is 5.32 Å². The quantitative estimate of drug-likeness (QED) is 0.860. The van der Waals surface area contributed by atoms with E-state index in [9.17, 15) is 12.8 Å². The lowest BCUT2D eigenvalue weighted by molar-refractivity contribution is 0.263. The number of benzene rings is 1. The molecule has 1 heterocycles. The van der Waals surface area contributed by atoms with Crippen molar-refractivity contribution >= 4 is 15.5 Å². The number of piperidine rings is 1. The van der Waals surface area contributed by atoms with Gasteiger partial charge in [0.05, 0.1) is 10.6 Å². The number of sulfone groups is 1. The van der Waals surface area contributed by atoms with Gasteiger partial charge in [-0.05, 0) is 51.2 Å². The van der Waals surface area contributed by atoms with Crippen molar-refractivity contribution in [2.45, 2.75) is 23.8 Å². The van der Waals surface area contributed by atoms with Crippen LogP contribution >= 0.6 is 0 Å². The van der Waals surface area contributed by atoms with Crippen LogP contribution in [-0.2, 0) is 9.84 Å². The Morgan fingerprint density at radius 1 is 1.32 bits per heavy atom. The third-order valence-corrected chi connectivity index (χ3v) is 4.55. The Morgan fingerprint density at radius 3 is 2.53 bits per heavy atom. The Hall–Kier alpha value is -1.14. The van der Waals surface area contributed by atoms with Gasteiger partial charge in [-0.2, -0.15) is 0 Å². The molecule has 1 aromatic carbocycles. The van der Waals surface area contributed by atoms with E-state index in [1.807, 2.05) is 0 Å². The van der Waals surface area contributed by atoms with Crippen LogP contribution in [0.15, 0.2) is 23.1 Å². The van der Waals surface area contributed by atoms with E-state index in [2.05, 4.69) is 17.3 Å². The molecule has 1 saturated heterocycles. The normalized spacial score (nSPS) is 18.5. The van der Waals surface area contributed by atoms with Crippen LogP contribution in [0.5, 0.6) is 0 Å². The number of hydrogen-bond donors (Lipinski definition) is 1. The van der Waals surface area contributed by atoms with E-state index in [-0.39, 0.29) is 16.6 Å². The van der Waals surface area contributed by atoms with Crippen LogP contribution in [0.4, 0.5) is 10.1 Å². The molecule has 0 amide bonds. The number of halogens is 1. The van der Waals surface area contributed by atoms with Crippen molar-refractivity contribution in [1.82, 2.24) is 4.90 Å². The zero-order valence-corrected chi connectivity index (χ0v) is 12.0. The van der Waals surface area contributed by atoms with Gasteiger partial charge in [-0.3, -0.25) is 0 Å². The van der Waals surface area contributed by atoms with E-state index >= 15 is 0 Å². The molecule has 19 heavy (non-hydrogen) atoms. The van der Waals surface area contributed by atoms with E-state index in [0.717, 1.165) is 32.2 Å². The highest BCUT2D eigenvalue weighted by Crippen LogP contribution is 2.22. The topological polar surface area (TPSA) is 49.4 Å². The molecule has 0 unspecified atom stereocenters. The Morgan fingerprint density at radius 2 is 1.95 bits per heavy atom. The van der Waals surface area contributed by atoms with Gasteiger partial charge in [0.1, 0.15) is 5.82 Å². The molecular formula is C13H19FN2O2S. The van der Waals surface area contributed by atoms with Gasteiger partial charge in [0.15, 0.2) is 9.84 Å². The highest BCUT2D eigenvalue weighted by Gasteiger charge is 2.18. The van der Waals surface area contributed by atoms with Crippen molar-refractivity contribution in [1.29, 1.82) is 0 Å². The summed E-state index contributed by atoms with van der Waals surface area (Å²) in [6.07, 6.45) is 2.98. The summed E-state index contributed by atoms with van der Waals surface area (Å²) in [6.45, 7) is 1.93. The fourth-order valence-electron chi connectivity index (χ4n) is 2.22. The summed E-state index contributed by atoms with van der Waals surface area (Å²) in [5, 5.41) is 3.12. The lowest BCUT2D eigenvalue weighted by Crippen LogP contribution is -2.36. The van der Waals surface area contributed by atoms with E-state index in [1.54, 1.807) is 0 Å². The third-order valence-electron chi connectivity index (χ3n) is 3.44. The average Bonchev–Trinajstić information content (AvgIpc) is 2.33. The van der Waals surface area contributed by atoms with Crippen molar-refractivity contribution in [3.63, 3.8) is 0 Å². The largest absolute Gasteiger partial charge is 0.380 e. The molecule has 0 bridgehead atoms. The van der Waals surface area contributed by atoms with E-state index in [1.165, 1.54) is 18.2 Å². The average molecular weight is 286 g/mol. The van der Waals surface area contributed by atoms with Crippen LogP contribution in [0.3, 0.4) is 0 Å². The highest BCUT2D eigenvalue weighted by molar-refractivity contribution is 7.90. The summed E-state index contributed by atoms with van der Waals surface area (Å²) < 4.78 is 36.7. The van der Waals surface area contributed by atoms with Crippen LogP contribution in [0, 0.1) is 5.82 Å². The number of rotatable bonds is 3. The van der Waals surface area contributed by atoms with Crippen LogP contribution in [-0.4, -0.2) is 45.8 Å². The molecule has 0 spiro atoms. The molecule has 1 aromatic rings. The molecule has 1 fully saturated rings. The molecule has 0 atom stereocenters. The molecule has 1 aliphatic rings. The van der Waals surface area contributed by atoms with Gasteiger partial charge in [0.2, 0.25) is 0 Å². The van der Waals surface area contributed by atoms with Crippen molar-refractivity contribution in [2.75, 3.05) is 31.7 Å². The highest BCUT2D eigenvalue weighted by atomic mass is 32.2. The predicted molar refractivity (Wildman–Crippen MR) is 73.7 cm³/mol. The Bertz CT molecular complexity index is 552. The Kier molecular flexibility index (Phi) is 4.10. The summed E-state index contributed by atoms with van der Waals surface area (Å²) in [6, 6.07) is 4.07. The first-order valence-electron chi connectivity index (χ1n) is 6.31. The first-order chi connectivity index (χ1) is 8.86. The van der Waals surface area contributed by atoms with Gasteiger partial charge in [0, 0.05) is 12.3 Å². The zero-order chi connectivity index (χ0) is 14.0. The molecule has 0 saturated carbocycles. The minimum absolute atomic E-state index is 0.143. The first-order valence-corrected chi connectivity index (χ1v) is 8.20. The predicted octanol–water partition coefficient (Wildman–Crippen LogP) is 1.74. The molecule has 1 N–H and O–H groups in total. The van der Waals surface area contributed by atoms with Crippen LogP contribution in [0.2, 0.25) is 0 Å². The minimum atomic E-state index is -3.31. The van der Waals surface area contributed by atoms with Gasteiger partial charge < -0.3 is 10.2 Å². The van der Waals surface area contributed by atoms with E-state index in [4.69, 9.17) is 0 Å². The zero-order valence-electron chi connectivity index (χ0n) is 11.2. The minimum Gasteiger partial charge on any atom is -0.380 e. The van der Waals surface area contributed by atoms with Crippen molar-refractivity contribution in [3.05, 3.63) is 24.0 Å². The first kappa shape index (κ1) is 14.3. The maximum atomic E-state index is 13.7. The SMILES string of the molecule is CN1CCC(Nc2cc(S(C)(=O)=O)ccc2F)CC1. The second-order valence-electron chi connectivity index (χ2n) is 5.14. The van der Waals surface area contributed by atoms with Gasteiger partial charge >= 0.3 is 0 Å². The molecule has 106 valence electrons. The molecule has 6 heteroatoms. The van der Waals surface area contributed by atoms with E-state index in [0.29, 0.717) is 0 Å². The molecule has 0 aliphatic carbocycles. The summed E-state index contributed by atoms with van der Waals surface area (Å²) in [7, 11) is -1.25. The van der Waals surface area contributed by atoms with Crippen molar-refractivity contribution in [2.24, 2.45) is 0 Å². The fraction of sp³-hybridized carbons (Fsp3) is 0.538. The Labute approximate surface area is 113 Å². The summed E-state index contributed by atoms with van der Waals surface area (Å²) in [4.78, 5) is 2.37. The molecule has 2 rings (SSSR count). The number of likely N-dealkylation sites (tertiary alicyclic amines) is 1. The van der Waals surface area contributed by atoms with Gasteiger partial charge in [0.25, 0.3) is 0 Å². The van der Waals surface area contributed by atoms with Crippen molar-refractivity contribution < 1.29 is 12.8 Å². The standard InChI is InChI=1S/C13H19FN2O2S/c1-16-7-5-10(6-8-16)15-13-9-11(19(2,17)18)3-4-12(13)14/h3-4,9-10,15H,5-8H2,1-2H3. The fourth-order valence-corrected chi connectivity index (χ4v) is 2.87. The maximum Gasteiger partial charge on any atom is 0.175 e. The summed E-state index contributed by atoms with van der Waals surface area (Å²) >= 11 is 0. The molecule has 0 radical (unpaired) electrons. The van der Waals surface area contributed by atoms with Gasteiger partial charge in [-0.1, -0.05) is 0 Å². The smallest absolute Gasteiger partial charge is 0.175 e. The lowest BCUT2D eigenvalue weighted by atomic mass is 10.1. The molecule has 1 aliphatic heterocycles. The Balaban J connectivity index is 2.16. The van der Waals surface area contributed by atoms with Gasteiger partial charge in [-0.15, -0.1) is 0 Å². The number of nitrogens with one attached hydrogen (secondary N) is 1. The van der Waals surface area contributed by atoms with Gasteiger partial charge in [-0.25, -0.2) is 12.8 Å². The number of anilines is 1. The van der Waals surface area contributed by atoms with Crippen LogP contribution in [0.1, 0.15) is 12.8 Å². The summed E-state index contributed by atoms with van der Waals surface area (Å²) in [5.41, 5.74) is 0.275. The van der Waals surface area contributed by atoms with Crippen LogP contribution in [0.25, 0.3) is 0 Å². The summed E-state index contributed by atoms with van der Waals surface area (Å²) in [5.74, 6) is -0.411.